The van der Waals surface area contributed by atoms with Gasteiger partial charge in [-0.2, -0.15) is 0 Å². The number of sulfonamides is 1. The summed E-state index contributed by atoms with van der Waals surface area (Å²) in [7, 11) is -4.16. The zero-order valence-electron chi connectivity index (χ0n) is 23.5. The third-order valence-corrected chi connectivity index (χ3v) is 10.2. The smallest absolute Gasteiger partial charge is 0.264 e. The van der Waals surface area contributed by atoms with Crippen molar-refractivity contribution in [3.05, 3.63) is 92.9 Å². The van der Waals surface area contributed by atoms with Crippen molar-refractivity contribution >= 4 is 62.3 Å². The van der Waals surface area contributed by atoms with Gasteiger partial charge >= 0.3 is 0 Å². The summed E-state index contributed by atoms with van der Waals surface area (Å²) in [6, 6.07) is 16.8. The predicted octanol–water partition coefficient (Wildman–Crippen LogP) is 7.02. The number of halogens is 3. The first-order chi connectivity index (χ1) is 20.0. The van der Waals surface area contributed by atoms with Crippen molar-refractivity contribution in [2.75, 3.05) is 10.8 Å². The highest BCUT2D eigenvalue weighted by molar-refractivity contribution is 7.92. The van der Waals surface area contributed by atoms with Crippen LogP contribution in [0.3, 0.4) is 0 Å². The molecule has 0 unspecified atom stereocenters. The normalized spacial score (nSPS) is 14.7. The molecule has 0 saturated heterocycles. The summed E-state index contributed by atoms with van der Waals surface area (Å²) >= 11 is 18.4. The number of amides is 2. The van der Waals surface area contributed by atoms with E-state index in [4.69, 9.17) is 34.8 Å². The molecular weight excluding hydrogens is 617 g/mol. The molecular formula is C31H34Cl3N3O4S. The number of carbonyl (C=O) groups excluding carboxylic acids is 2. The molecule has 1 aliphatic rings. The van der Waals surface area contributed by atoms with E-state index >= 15 is 0 Å². The lowest BCUT2D eigenvalue weighted by atomic mass is 9.95. The van der Waals surface area contributed by atoms with Crippen molar-refractivity contribution in [3.8, 4) is 0 Å². The van der Waals surface area contributed by atoms with Crippen LogP contribution in [0.5, 0.6) is 0 Å². The molecule has 1 fully saturated rings. The summed E-state index contributed by atoms with van der Waals surface area (Å²) < 4.78 is 28.9. The van der Waals surface area contributed by atoms with Gasteiger partial charge in [0.05, 0.1) is 20.6 Å². The molecule has 7 nitrogen and oxygen atoms in total. The molecule has 3 aromatic carbocycles. The molecule has 11 heteroatoms. The number of nitrogens with one attached hydrogen (secondary N) is 1. The van der Waals surface area contributed by atoms with Crippen molar-refractivity contribution in [2.24, 2.45) is 0 Å². The number of carbonyl (C=O) groups is 2. The Morgan fingerprint density at radius 2 is 1.55 bits per heavy atom. The maximum atomic E-state index is 14.1. The largest absolute Gasteiger partial charge is 0.352 e. The maximum Gasteiger partial charge on any atom is 0.264 e. The van der Waals surface area contributed by atoms with Crippen LogP contribution in [0.15, 0.2) is 71.6 Å². The highest BCUT2D eigenvalue weighted by Gasteiger charge is 2.33. The van der Waals surface area contributed by atoms with Crippen molar-refractivity contribution < 1.29 is 18.0 Å². The van der Waals surface area contributed by atoms with Crippen LogP contribution in [0.4, 0.5) is 5.69 Å². The zero-order chi connectivity index (χ0) is 30.4. The third-order valence-electron chi connectivity index (χ3n) is 7.46. The van der Waals surface area contributed by atoms with Gasteiger partial charge in [0.25, 0.3) is 10.0 Å². The molecule has 42 heavy (non-hydrogen) atoms. The number of aryl methyl sites for hydroxylation is 1. The molecule has 4 rings (SSSR count). The van der Waals surface area contributed by atoms with Gasteiger partial charge in [0, 0.05) is 17.6 Å². The summed E-state index contributed by atoms with van der Waals surface area (Å²) in [4.78, 5) is 28.9. The Bertz CT molecular complexity index is 1510. The van der Waals surface area contributed by atoms with Gasteiger partial charge in [0.2, 0.25) is 11.8 Å². The van der Waals surface area contributed by atoms with Crippen LogP contribution in [0.25, 0.3) is 0 Å². The van der Waals surface area contributed by atoms with E-state index < -0.39 is 28.5 Å². The summed E-state index contributed by atoms with van der Waals surface area (Å²) in [5, 5.41) is 4.18. The summed E-state index contributed by atoms with van der Waals surface area (Å²) in [6.45, 7) is 2.99. The topological polar surface area (TPSA) is 86.8 Å². The minimum Gasteiger partial charge on any atom is -0.352 e. The summed E-state index contributed by atoms with van der Waals surface area (Å²) in [6.07, 6.45) is 4.99. The predicted molar refractivity (Wildman–Crippen MR) is 169 cm³/mol. The van der Waals surface area contributed by atoms with Gasteiger partial charge in [-0.05, 0) is 80.8 Å². The van der Waals surface area contributed by atoms with Gasteiger partial charge in [-0.25, -0.2) is 8.42 Å². The lowest BCUT2D eigenvalue weighted by Crippen LogP contribution is -2.53. The van der Waals surface area contributed by atoms with E-state index in [0.717, 1.165) is 42.0 Å². The molecule has 224 valence electrons. The van der Waals surface area contributed by atoms with Crippen LogP contribution in [-0.4, -0.2) is 43.8 Å². The van der Waals surface area contributed by atoms with Gasteiger partial charge in [-0.3, -0.25) is 13.9 Å². The average Bonchev–Trinajstić information content (AvgIpc) is 2.97. The maximum absolute atomic E-state index is 14.1. The number of nitrogens with zero attached hydrogens (tertiary/aromatic N) is 2. The zero-order valence-corrected chi connectivity index (χ0v) is 26.6. The second kappa shape index (κ2) is 14.1. The minimum absolute atomic E-state index is 0.0218. The van der Waals surface area contributed by atoms with E-state index in [2.05, 4.69) is 5.32 Å². The number of anilines is 1. The number of hydrogen-bond donors (Lipinski definition) is 1. The highest BCUT2D eigenvalue weighted by Crippen LogP contribution is 2.28. The van der Waals surface area contributed by atoms with Crippen LogP contribution in [-0.2, 0) is 26.2 Å². The van der Waals surface area contributed by atoms with Crippen LogP contribution < -0.4 is 9.62 Å². The van der Waals surface area contributed by atoms with Crippen LogP contribution in [0.1, 0.15) is 50.2 Å². The molecule has 1 atom stereocenters. The first kappa shape index (κ1) is 32.1. The van der Waals surface area contributed by atoms with Crippen LogP contribution >= 0.6 is 34.8 Å². The molecule has 0 heterocycles. The Morgan fingerprint density at radius 3 is 2.17 bits per heavy atom. The Labute approximate surface area is 262 Å². The molecule has 1 N–H and O–H groups in total. The van der Waals surface area contributed by atoms with Gasteiger partial charge in [-0.1, -0.05) is 77.8 Å². The SMILES string of the molecule is Cc1ccc(S(=O)(=O)N(CC(=O)N(Cc2ccc(Cl)c(Cl)c2)[C@H](C)C(=O)NC2CCCCC2)c2ccc(Cl)cc2)cc1. The summed E-state index contributed by atoms with van der Waals surface area (Å²) in [5.74, 6) is -0.854. The van der Waals surface area contributed by atoms with Crippen molar-refractivity contribution in [2.45, 2.75) is 69.5 Å². The number of benzene rings is 3. The van der Waals surface area contributed by atoms with E-state index in [1.165, 1.54) is 17.0 Å². The Balaban J connectivity index is 1.68. The highest BCUT2D eigenvalue weighted by atomic mass is 35.5. The van der Waals surface area contributed by atoms with Crippen molar-refractivity contribution in [3.63, 3.8) is 0 Å². The second-order valence-corrected chi connectivity index (χ2v) is 13.7. The molecule has 3 aromatic rings. The fraction of sp³-hybridized carbons (Fsp3) is 0.355. The molecule has 2 amide bonds. The fourth-order valence-corrected chi connectivity index (χ4v) is 6.82. The van der Waals surface area contributed by atoms with E-state index in [1.54, 1.807) is 61.5 Å². The van der Waals surface area contributed by atoms with Gasteiger partial charge in [-0.15, -0.1) is 0 Å². The van der Waals surface area contributed by atoms with E-state index in [9.17, 15) is 18.0 Å². The molecule has 0 aliphatic heterocycles. The molecule has 0 spiro atoms. The van der Waals surface area contributed by atoms with Crippen molar-refractivity contribution in [1.82, 2.24) is 10.2 Å². The Kier molecular flexibility index (Phi) is 10.8. The minimum atomic E-state index is -4.16. The standard InChI is InChI=1S/C31H34Cl3N3O4S/c1-21-8-15-27(16-9-21)42(40,41)37(26-13-11-24(32)12-14-26)20-30(38)36(19-23-10-17-28(33)29(34)18-23)22(2)31(39)35-25-6-4-3-5-7-25/h8-18,22,25H,3-7,19-20H2,1-2H3,(H,35,39)/t22-/m1/s1. The van der Waals surface area contributed by atoms with E-state index in [-0.39, 0.29) is 29.1 Å². The van der Waals surface area contributed by atoms with Crippen LogP contribution in [0.2, 0.25) is 15.1 Å². The molecule has 1 saturated carbocycles. The summed E-state index contributed by atoms with van der Waals surface area (Å²) in [5.41, 5.74) is 1.81. The molecule has 0 bridgehead atoms. The fourth-order valence-electron chi connectivity index (χ4n) is 4.96. The monoisotopic (exact) mass is 649 g/mol. The van der Waals surface area contributed by atoms with Crippen LogP contribution in [0, 0.1) is 6.92 Å². The lowest BCUT2D eigenvalue weighted by Gasteiger charge is -2.33. The molecule has 0 radical (unpaired) electrons. The lowest BCUT2D eigenvalue weighted by molar-refractivity contribution is -0.139. The van der Waals surface area contributed by atoms with Gasteiger partial charge < -0.3 is 10.2 Å². The van der Waals surface area contributed by atoms with E-state index in [1.807, 2.05) is 6.92 Å². The van der Waals surface area contributed by atoms with Gasteiger partial charge in [0.1, 0.15) is 12.6 Å². The first-order valence-corrected chi connectivity index (χ1v) is 16.4. The first-order valence-electron chi connectivity index (χ1n) is 13.8. The second-order valence-electron chi connectivity index (χ2n) is 10.6. The Morgan fingerprint density at radius 1 is 0.905 bits per heavy atom. The Hall–Kier alpha value is -2.78. The third kappa shape index (κ3) is 7.98. The molecule has 1 aliphatic carbocycles. The number of hydrogen-bond acceptors (Lipinski definition) is 4. The van der Waals surface area contributed by atoms with E-state index in [0.29, 0.717) is 20.6 Å². The quantitative estimate of drug-likeness (QED) is 0.256. The average molecular weight is 651 g/mol. The van der Waals surface area contributed by atoms with Gasteiger partial charge in [0.15, 0.2) is 0 Å². The number of rotatable bonds is 10. The molecule has 0 aromatic heterocycles. The van der Waals surface area contributed by atoms with Crippen molar-refractivity contribution in [1.29, 1.82) is 0 Å².